The van der Waals surface area contributed by atoms with Crippen molar-refractivity contribution in [2.24, 2.45) is 11.5 Å². The largest absolute Gasteiger partial charge is 0.365 e. The minimum absolute atomic E-state index is 0.0122. The first kappa shape index (κ1) is 18.0. The number of pyridine rings is 2. The molecule has 1 aliphatic carbocycles. The molecule has 0 aliphatic heterocycles. The maximum atomic E-state index is 14.4. The van der Waals surface area contributed by atoms with E-state index in [2.05, 4.69) is 20.6 Å². The van der Waals surface area contributed by atoms with Gasteiger partial charge in [0, 0.05) is 18.2 Å². The second-order valence-corrected chi connectivity index (χ2v) is 6.30. The van der Waals surface area contributed by atoms with E-state index in [-0.39, 0.29) is 35.0 Å². The molecule has 9 heteroatoms. The number of anilines is 3. The van der Waals surface area contributed by atoms with E-state index >= 15 is 0 Å². The maximum absolute atomic E-state index is 14.4. The average Bonchev–Trinajstić information content (AvgIpc) is 2.59. The van der Waals surface area contributed by atoms with Crippen molar-refractivity contribution in [3.63, 3.8) is 0 Å². The van der Waals surface area contributed by atoms with Crippen LogP contribution in [0.15, 0.2) is 24.5 Å². The molecule has 26 heavy (non-hydrogen) atoms. The molecule has 1 fully saturated rings. The van der Waals surface area contributed by atoms with Crippen molar-refractivity contribution in [3.05, 3.63) is 41.7 Å². The van der Waals surface area contributed by atoms with Gasteiger partial charge in [-0.25, -0.2) is 13.8 Å². The van der Waals surface area contributed by atoms with Gasteiger partial charge < -0.3 is 22.1 Å². The summed E-state index contributed by atoms with van der Waals surface area (Å²) in [7, 11) is 0. The predicted molar refractivity (Wildman–Crippen MR) is 94.0 cm³/mol. The van der Waals surface area contributed by atoms with Crippen LogP contribution in [0.4, 0.5) is 26.1 Å². The fourth-order valence-electron chi connectivity index (χ4n) is 3.00. The number of nitrogens with two attached hydrogens (primary N) is 2. The van der Waals surface area contributed by atoms with E-state index in [0.29, 0.717) is 0 Å². The van der Waals surface area contributed by atoms with Crippen LogP contribution in [-0.2, 0) is 0 Å². The fourth-order valence-corrected chi connectivity index (χ4v) is 3.00. The molecule has 1 amide bonds. The van der Waals surface area contributed by atoms with Crippen molar-refractivity contribution in [1.82, 2.24) is 9.97 Å². The van der Waals surface area contributed by atoms with Gasteiger partial charge in [-0.05, 0) is 18.9 Å². The molecule has 0 saturated heterocycles. The zero-order valence-electron chi connectivity index (χ0n) is 14.0. The minimum atomic E-state index is -0.857. The van der Waals surface area contributed by atoms with Crippen LogP contribution in [0.2, 0.25) is 0 Å². The molecule has 0 aromatic carbocycles. The Balaban J connectivity index is 1.92. The molecule has 0 spiro atoms. The zero-order chi connectivity index (χ0) is 18.7. The van der Waals surface area contributed by atoms with Gasteiger partial charge in [-0.3, -0.25) is 9.78 Å². The second-order valence-electron chi connectivity index (χ2n) is 6.30. The minimum Gasteiger partial charge on any atom is -0.365 e. The van der Waals surface area contributed by atoms with Gasteiger partial charge in [0.25, 0.3) is 5.91 Å². The third-order valence-corrected chi connectivity index (χ3v) is 4.35. The molecule has 3 rings (SSSR count). The number of halogens is 2. The van der Waals surface area contributed by atoms with E-state index in [1.807, 2.05) is 0 Å². The van der Waals surface area contributed by atoms with Crippen molar-refractivity contribution in [2.75, 3.05) is 10.6 Å². The number of primary amides is 1. The lowest BCUT2D eigenvalue weighted by molar-refractivity contribution is 0.100. The Morgan fingerprint density at radius 1 is 1.15 bits per heavy atom. The first-order valence-corrected chi connectivity index (χ1v) is 8.34. The Morgan fingerprint density at radius 3 is 2.62 bits per heavy atom. The Kier molecular flexibility index (Phi) is 5.27. The van der Waals surface area contributed by atoms with Crippen molar-refractivity contribution < 1.29 is 13.6 Å². The highest BCUT2D eigenvalue weighted by Crippen LogP contribution is 2.26. The van der Waals surface area contributed by atoms with E-state index in [0.717, 1.165) is 37.9 Å². The van der Waals surface area contributed by atoms with Gasteiger partial charge in [0.2, 0.25) is 0 Å². The van der Waals surface area contributed by atoms with Gasteiger partial charge in [0.1, 0.15) is 11.6 Å². The molecule has 2 aromatic rings. The molecule has 2 atom stereocenters. The predicted octanol–water partition coefficient (Wildman–Crippen LogP) is 2.28. The molecule has 7 nitrogen and oxygen atoms in total. The van der Waals surface area contributed by atoms with E-state index < -0.39 is 17.5 Å². The summed E-state index contributed by atoms with van der Waals surface area (Å²) in [6, 6.07) is 1.95. The molecule has 2 heterocycles. The molecule has 0 unspecified atom stereocenters. The first-order chi connectivity index (χ1) is 12.4. The lowest BCUT2D eigenvalue weighted by Gasteiger charge is -2.30. The maximum Gasteiger partial charge on any atom is 0.252 e. The summed E-state index contributed by atoms with van der Waals surface area (Å²) in [6.45, 7) is 0. The van der Waals surface area contributed by atoms with E-state index in [9.17, 15) is 13.6 Å². The van der Waals surface area contributed by atoms with Gasteiger partial charge >= 0.3 is 0 Å². The Bertz CT molecular complexity index is 816. The van der Waals surface area contributed by atoms with Crippen LogP contribution in [0, 0.1) is 11.6 Å². The summed E-state index contributed by atoms with van der Waals surface area (Å²) in [6.07, 6.45) is 6.07. The third kappa shape index (κ3) is 4.05. The van der Waals surface area contributed by atoms with Gasteiger partial charge in [-0.15, -0.1) is 0 Å². The Labute approximate surface area is 149 Å². The van der Waals surface area contributed by atoms with Crippen LogP contribution in [0.3, 0.4) is 0 Å². The summed E-state index contributed by atoms with van der Waals surface area (Å²) in [5, 5.41) is 5.77. The van der Waals surface area contributed by atoms with Crippen LogP contribution in [0.25, 0.3) is 0 Å². The van der Waals surface area contributed by atoms with Gasteiger partial charge in [0.05, 0.1) is 23.6 Å². The molecule has 1 aliphatic rings. The second kappa shape index (κ2) is 7.61. The first-order valence-electron chi connectivity index (χ1n) is 8.34. The normalized spacial score (nSPS) is 19.8. The zero-order valence-corrected chi connectivity index (χ0v) is 14.0. The lowest BCUT2D eigenvalue weighted by atomic mass is 9.91. The van der Waals surface area contributed by atoms with Crippen LogP contribution >= 0.6 is 0 Å². The van der Waals surface area contributed by atoms with Crippen LogP contribution in [-0.4, -0.2) is 28.0 Å². The van der Waals surface area contributed by atoms with E-state index in [1.165, 1.54) is 12.3 Å². The number of hydrogen-bond acceptors (Lipinski definition) is 6. The van der Waals surface area contributed by atoms with Crippen molar-refractivity contribution >= 4 is 23.2 Å². The summed E-state index contributed by atoms with van der Waals surface area (Å²) in [4.78, 5) is 19.5. The van der Waals surface area contributed by atoms with Crippen LogP contribution in [0.1, 0.15) is 36.0 Å². The summed E-state index contributed by atoms with van der Waals surface area (Å²) >= 11 is 0. The van der Waals surface area contributed by atoms with Crippen molar-refractivity contribution in [2.45, 2.75) is 37.8 Å². The Morgan fingerprint density at radius 2 is 1.92 bits per heavy atom. The van der Waals surface area contributed by atoms with Gasteiger partial charge in [-0.2, -0.15) is 0 Å². The quantitative estimate of drug-likeness (QED) is 0.648. The topological polar surface area (TPSA) is 119 Å². The molecule has 2 aromatic heterocycles. The molecule has 0 bridgehead atoms. The molecular formula is C17H20F2N6O. The highest BCUT2D eigenvalue weighted by atomic mass is 19.1. The van der Waals surface area contributed by atoms with Crippen LogP contribution in [0.5, 0.6) is 0 Å². The highest BCUT2D eigenvalue weighted by molar-refractivity contribution is 5.98. The number of hydrogen-bond donors (Lipinski definition) is 4. The number of carbonyl (C=O) groups excluding carboxylic acids is 1. The molecule has 138 valence electrons. The summed E-state index contributed by atoms with van der Waals surface area (Å²) < 4.78 is 27.7. The summed E-state index contributed by atoms with van der Waals surface area (Å²) in [5.41, 5.74) is 11.5. The lowest BCUT2D eigenvalue weighted by Crippen LogP contribution is -2.43. The number of amides is 1. The molecular weight excluding hydrogens is 342 g/mol. The number of nitrogens with zero attached hydrogens (tertiary/aromatic N) is 2. The third-order valence-electron chi connectivity index (χ3n) is 4.35. The number of aromatic nitrogens is 2. The monoisotopic (exact) mass is 362 g/mol. The summed E-state index contributed by atoms with van der Waals surface area (Å²) in [5.74, 6) is -2.16. The number of nitrogens with one attached hydrogen (secondary N) is 2. The number of rotatable bonds is 5. The van der Waals surface area contributed by atoms with Gasteiger partial charge in [-0.1, -0.05) is 12.8 Å². The molecule has 6 N–H and O–H groups in total. The van der Waals surface area contributed by atoms with Crippen molar-refractivity contribution in [1.29, 1.82) is 0 Å². The Hall–Kier alpha value is -2.81. The van der Waals surface area contributed by atoms with Gasteiger partial charge in [0.15, 0.2) is 11.6 Å². The average molecular weight is 362 g/mol. The standard InChI is InChI=1S/C17H20F2N6O/c18-9-5-10(8-22-7-9)23-16-11(15(21)26)6-12(19)17(25-16)24-14-4-2-1-3-13(14)20/h5-8,13-14H,1-4,20H2,(H2,21,26)(H2,23,24,25)/t13-,14+/m0/s1. The number of carbonyl (C=O) groups is 1. The smallest absolute Gasteiger partial charge is 0.252 e. The SMILES string of the molecule is NC(=O)c1cc(F)c(N[C@@H]2CCCC[C@@H]2N)nc1Nc1cncc(F)c1. The molecule has 0 radical (unpaired) electrons. The van der Waals surface area contributed by atoms with E-state index in [1.54, 1.807) is 0 Å². The van der Waals surface area contributed by atoms with Crippen LogP contribution < -0.4 is 22.1 Å². The fraction of sp³-hybridized carbons (Fsp3) is 0.353. The van der Waals surface area contributed by atoms with Crippen molar-refractivity contribution in [3.8, 4) is 0 Å². The highest BCUT2D eigenvalue weighted by Gasteiger charge is 2.24. The van der Waals surface area contributed by atoms with E-state index in [4.69, 9.17) is 11.5 Å². The molecule has 1 saturated carbocycles.